The van der Waals surface area contributed by atoms with Crippen LogP contribution in [0.3, 0.4) is 0 Å². The van der Waals surface area contributed by atoms with Crippen molar-refractivity contribution in [2.45, 2.75) is 13.5 Å². The highest BCUT2D eigenvalue weighted by Crippen LogP contribution is 2.28. The van der Waals surface area contributed by atoms with E-state index in [1.54, 1.807) is 18.2 Å². The van der Waals surface area contributed by atoms with Crippen LogP contribution in [0.25, 0.3) is 0 Å². The van der Waals surface area contributed by atoms with Gasteiger partial charge in [0.2, 0.25) is 5.91 Å². The predicted molar refractivity (Wildman–Crippen MR) is 76.5 cm³/mol. The number of nitrogens with one attached hydrogen (secondary N) is 1. The fourth-order valence-corrected chi connectivity index (χ4v) is 1.82. The van der Waals surface area contributed by atoms with Crippen molar-refractivity contribution in [1.29, 1.82) is 0 Å². The number of anilines is 1. The van der Waals surface area contributed by atoms with Crippen LogP contribution in [0.1, 0.15) is 12.5 Å². The van der Waals surface area contributed by atoms with Gasteiger partial charge in [-0.15, -0.1) is 0 Å². The highest BCUT2D eigenvalue weighted by molar-refractivity contribution is 6.31. The number of amides is 1. The number of benzene rings is 2. The molecule has 1 N–H and O–H groups in total. The molecule has 3 nitrogen and oxygen atoms in total. The lowest BCUT2D eigenvalue weighted by molar-refractivity contribution is -0.114. The van der Waals surface area contributed by atoms with E-state index < -0.39 is 0 Å². The van der Waals surface area contributed by atoms with Gasteiger partial charge in [-0.05, 0) is 23.8 Å². The number of hydrogen-bond acceptors (Lipinski definition) is 2. The Labute approximate surface area is 117 Å². The van der Waals surface area contributed by atoms with Crippen molar-refractivity contribution in [3.8, 4) is 5.75 Å². The van der Waals surface area contributed by atoms with Crippen molar-refractivity contribution in [2.24, 2.45) is 0 Å². The number of carbonyl (C=O) groups is 1. The van der Waals surface area contributed by atoms with Gasteiger partial charge in [-0.25, -0.2) is 0 Å². The second-order valence-corrected chi connectivity index (χ2v) is 4.53. The first-order chi connectivity index (χ1) is 9.15. The second kappa shape index (κ2) is 6.25. The van der Waals surface area contributed by atoms with E-state index in [2.05, 4.69) is 5.32 Å². The molecule has 0 aliphatic heterocycles. The molecule has 0 heterocycles. The molecule has 4 heteroatoms. The SMILES string of the molecule is CC(=O)Nc1cc(Cl)ccc1OCc1ccccc1. The quantitative estimate of drug-likeness (QED) is 0.920. The van der Waals surface area contributed by atoms with Gasteiger partial charge in [0.05, 0.1) is 5.69 Å². The fourth-order valence-electron chi connectivity index (χ4n) is 1.65. The number of ether oxygens (including phenoxy) is 1. The zero-order valence-corrected chi connectivity index (χ0v) is 11.3. The zero-order valence-electron chi connectivity index (χ0n) is 10.5. The molecule has 19 heavy (non-hydrogen) atoms. The molecule has 2 aromatic carbocycles. The van der Waals surface area contributed by atoms with E-state index in [1.165, 1.54) is 6.92 Å². The number of halogens is 1. The smallest absolute Gasteiger partial charge is 0.221 e. The molecule has 0 aromatic heterocycles. The summed E-state index contributed by atoms with van der Waals surface area (Å²) in [7, 11) is 0. The fraction of sp³-hybridized carbons (Fsp3) is 0.133. The standard InChI is InChI=1S/C15H14ClNO2/c1-11(18)17-14-9-13(16)7-8-15(14)19-10-12-5-3-2-4-6-12/h2-9H,10H2,1H3,(H,17,18). The second-order valence-electron chi connectivity index (χ2n) is 4.10. The maximum absolute atomic E-state index is 11.1. The van der Waals surface area contributed by atoms with E-state index in [4.69, 9.17) is 16.3 Å². The van der Waals surface area contributed by atoms with Crippen LogP contribution in [0.5, 0.6) is 5.75 Å². The molecule has 0 fully saturated rings. The van der Waals surface area contributed by atoms with Gasteiger partial charge in [0.15, 0.2) is 0 Å². The molecule has 0 unspecified atom stereocenters. The van der Waals surface area contributed by atoms with E-state index in [0.717, 1.165) is 5.56 Å². The van der Waals surface area contributed by atoms with E-state index >= 15 is 0 Å². The first kappa shape index (κ1) is 13.4. The molecule has 2 rings (SSSR count). The van der Waals surface area contributed by atoms with Crippen molar-refractivity contribution >= 4 is 23.2 Å². The maximum atomic E-state index is 11.1. The van der Waals surface area contributed by atoms with Crippen LogP contribution in [0.15, 0.2) is 48.5 Å². The van der Waals surface area contributed by atoms with E-state index in [1.807, 2.05) is 30.3 Å². The number of carbonyl (C=O) groups excluding carboxylic acids is 1. The highest BCUT2D eigenvalue weighted by Gasteiger charge is 2.06. The van der Waals surface area contributed by atoms with Crippen LogP contribution < -0.4 is 10.1 Å². The van der Waals surface area contributed by atoms with Crippen molar-refractivity contribution in [1.82, 2.24) is 0 Å². The Morgan fingerprint density at radius 3 is 2.63 bits per heavy atom. The Kier molecular flexibility index (Phi) is 4.42. The van der Waals surface area contributed by atoms with E-state index in [0.29, 0.717) is 23.1 Å². The van der Waals surface area contributed by atoms with E-state index in [-0.39, 0.29) is 5.91 Å². The predicted octanol–water partition coefficient (Wildman–Crippen LogP) is 3.88. The Balaban J connectivity index is 2.13. The summed E-state index contributed by atoms with van der Waals surface area (Å²) in [6.45, 7) is 1.89. The molecular weight excluding hydrogens is 262 g/mol. The van der Waals surface area contributed by atoms with Crippen LogP contribution in [0.2, 0.25) is 5.02 Å². The maximum Gasteiger partial charge on any atom is 0.221 e. The largest absolute Gasteiger partial charge is 0.487 e. The minimum Gasteiger partial charge on any atom is -0.487 e. The lowest BCUT2D eigenvalue weighted by atomic mass is 10.2. The molecular formula is C15H14ClNO2. The summed E-state index contributed by atoms with van der Waals surface area (Å²) in [4.78, 5) is 11.1. The summed E-state index contributed by atoms with van der Waals surface area (Å²) < 4.78 is 5.71. The summed E-state index contributed by atoms with van der Waals surface area (Å²) >= 11 is 5.91. The summed E-state index contributed by atoms with van der Waals surface area (Å²) in [6, 6.07) is 15.0. The average molecular weight is 276 g/mol. The Morgan fingerprint density at radius 1 is 1.21 bits per heavy atom. The third-order valence-electron chi connectivity index (χ3n) is 2.49. The molecule has 0 radical (unpaired) electrons. The van der Waals surface area contributed by atoms with Gasteiger partial charge in [-0.1, -0.05) is 41.9 Å². The third kappa shape index (κ3) is 4.00. The van der Waals surface area contributed by atoms with Crippen LogP contribution in [0, 0.1) is 0 Å². The van der Waals surface area contributed by atoms with Crippen LogP contribution in [-0.2, 0) is 11.4 Å². The lowest BCUT2D eigenvalue weighted by Crippen LogP contribution is -2.08. The topological polar surface area (TPSA) is 38.3 Å². The summed E-state index contributed by atoms with van der Waals surface area (Å²) in [5, 5.41) is 3.25. The van der Waals surface area contributed by atoms with Gasteiger partial charge in [0.1, 0.15) is 12.4 Å². The minimum atomic E-state index is -0.160. The third-order valence-corrected chi connectivity index (χ3v) is 2.72. The molecule has 0 bridgehead atoms. The average Bonchev–Trinajstić information content (AvgIpc) is 2.38. The molecule has 0 atom stereocenters. The van der Waals surface area contributed by atoms with Crippen molar-refractivity contribution in [2.75, 3.05) is 5.32 Å². The van der Waals surface area contributed by atoms with Crippen LogP contribution in [-0.4, -0.2) is 5.91 Å². The Morgan fingerprint density at radius 2 is 1.95 bits per heavy atom. The van der Waals surface area contributed by atoms with Gasteiger partial charge >= 0.3 is 0 Å². The Hall–Kier alpha value is -2.00. The van der Waals surface area contributed by atoms with Gasteiger partial charge < -0.3 is 10.1 Å². The highest BCUT2D eigenvalue weighted by atomic mass is 35.5. The molecule has 0 saturated carbocycles. The molecule has 0 aliphatic rings. The van der Waals surface area contributed by atoms with Gasteiger partial charge in [0.25, 0.3) is 0 Å². The minimum absolute atomic E-state index is 0.160. The van der Waals surface area contributed by atoms with Crippen LogP contribution in [0.4, 0.5) is 5.69 Å². The van der Waals surface area contributed by atoms with Gasteiger partial charge in [-0.2, -0.15) is 0 Å². The number of rotatable bonds is 4. The molecule has 0 saturated heterocycles. The van der Waals surface area contributed by atoms with E-state index in [9.17, 15) is 4.79 Å². The summed E-state index contributed by atoms with van der Waals surface area (Å²) in [6.07, 6.45) is 0. The molecule has 2 aromatic rings. The lowest BCUT2D eigenvalue weighted by Gasteiger charge is -2.12. The molecule has 98 valence electrons. The summed E-state index contributed by atoms with van der Waals surface area (Å²) in [5.74, 6) is 0.440. The molecule has 0 aliphatic carbocycles. The van der Waals surface area contributed by atoms with Crippen LogP contribution >= 0.6 is 11.6 Å². The normalized spacial score (nSPS) is 10.0. The van der Waals surface area contributed by atoms with Crippen molar-refractivity contribution in [3.05, 3.63) is 59.1 Å². The first-order valence-electron chi connectivity index (χ1n) is 5.89. The van der Waals surface area contributed by atoms with Crippen molar-refractivity contribution < 1.29 is 9.53 Å². The van der Waals surface area contributed by atoms with Gasteiger partial charge in [0, 0.05) is 11.9 Å². The van der Waals surface area contributed by atoms with Crippen molar-refractivity contribution in [3.63, 3.8) is 0 Å². The first-order valence-corrected chi connectivity index (χ1v) is 6.27. The summed E-state index contributed by atoms with van der Waals surface area (Å²) in [5.41, 5.74) is 1.64. The monoisotopic (exact) mass is 275 g/mol. The molecule has 1 amide bonds. The Bertz CT molecular complexity index is 570. The number of hydrogen-bond donors (Lipinski definition) is 1. The molecule has 0 spiro atoms. The zero-order chi connectivity index (χ0) is 13.7. The van der Waals surface area contributed by atoms with Gasteiger partial charge in [-0.3, -0.25) is 4.79 Å².